The second kappa shape index (κ2) is 5.71. The van der Waals surface area contributed by atoms with Crippen molar-refractivity contribution in [1.82, 2.24) is 5.32 Å². The standard InChI is InChI=1S/C13H16BrF3N2/c1-2-5-19(10-7-18-8-10)12-4-3-9(6-11(12)14)13(15,16)17/h3-4,6,10,18H,2,5,7-8H2,1H3. The third kappa shape index (κ3) is 3.23. The van der Waals surface area contributed by atoms with Gasteiger partial charge in [0.15, 0.2) is 0 Å². The van der Waals surface area contributed by atoms with Gasteiger partial charge < -0.3 is 10.2 Å². The Labute approximate surface area is 119 Å². The number of hydrogen-bond donors (Lipinski definition) is 1. The van der Waals surface area contributed by atoms with E-state index < -0.39 is 11.7 Å². The van der Waals surface area contributed by atoms with Gasteiger partial charge in [-0.2, -0.15) is 13.2 Å². The van der Waals surface area contributed by atoms with Crippen molar-refractivity contribution in [3.8, 4) is 0 Å². The maximum atomic E-state index is 12.6. The van der Waals surface area contributed by atoms with Crippen LogP contribution in [0.1, 0.15) is 18.9 Å². The van der Waals surface area contributed by atoms with Gasteiger partial charge in [-0.15, -0.1) is 0 Å². The molecule has 0 amide bonds. The molecule has 0 spiro atoms. The van der Waals surface area contributed by atoms with Gasteiger partial charge in [0.2, 0.25) is 0 Å². The number of anilines is 1. The van der Waals surface area contributed by atoms with Gasteiger partial charge in [-0.05, 0) is 40.5 Å². The smallest absolute Gasteiger partial charge is 0.365 e. The Hall–Kier alpha value is -0.750. The van der Waals surface area contributed by atoms with Crippen LogP contribution in [-0.2, 0) is 6.18 Å². The van der Waals surface area contributed by atoms with Crippen LogP contribution in [0.15, 0.2) is 22.7 Å². The summed E-state index contributed by atoms with van der Waals surface area (Å²) in [7, 11) is 0. The molecule has 2 rings (SSSR count). The normalized spacial score (nSPS) is 16.3. The van der Waals surface area contributed by atoms with E-state index >= 15 is 0 Å². The predicted octanol–water partition coefficient (Wildman–Crippen LogP) is 3.66. The molecule has 0 bridgehead atoms. The molecule has 1 saturated heterocycles. The lowest BCUT2D eigenvalue weighted by molar-refractivity contribution is -0.137. The van der Waals surface area contributed by atoms with Crippen LogP contribution < -0.4 is 10.2 Å². The summed E-state index contributed by atoms with van der Waals surface area (Å²) in [6, 6.07) is 4.23. The second-order valence-corrected chi connectivity index (χ2v) is 5.52. The van der Waals surface area contributed by atoms with Gasteiger partial charge in [0.05, 0.1) is 17.3 Å². The van der Waals surface area contributed by atoms with Crippen LogP contribution in [0.3, 0.4) is 0 Å². The highest BCUT2D eigenvalue weighted by atomic mass is 79.9. The topological polar surface area (TPSA) is 15.3 Å². The molecule has 1 N–H and O–H groups in total. The van der Waals surface area contributed by atoms with Gasteiger partial charge in [0, 0.05) is 24.1 Å². The molecular formula is C13H16BrF3N2. The Morgan fingerprint density at radius 3 is 2.47 bits per heavy atom. The number of alkyl halides is 3. The summed E-state index contributed by atoms with van der Waals surface area (Å²) < 4.78 is 38.4. The van der Waals surface area contributed by atoms with Crippen molar-refractivity contribution in [2.45, 2.75) is 25.6 Å². The minimum atomic E-state index is -4.30. The number of hydrogen-bond acceptors (Lipinski definition) is 2. The van der Waals surface area contributed by atoms with Crippen LogP contribution in [0.2, 0.25) is 0 Å². The summed E-state index contributed by atoms with van der Waals surface area (Å²) in [5.41, 5.74) is 0.215. The average molecular weight is 337 g/mol. The molecule has 1 aliphatic rings. The predicted molar refractivity (Wildman–Crippen MR) is 73.4 cm³/mol. The van der Waals surface area contributed by atoms with E-state index in [1.807, 2.05) is 0 Å². The highest BCUT2D eigenvalue weighted by molar-refractivity contribution is 9.10. The molecule has 0 aromatic heterocycles. The first-order chi connectivity index (χ1) is 8.93. The fourth-order valence-electron chi connectivity index (χ4n) is 2.15. The number of benzene rings is 1. The molecule has 1 aliphatic heterocycles. The third-order valence-corrected chi connectivity index (χ3v) is 3.88. The summed E-state index contributed by atoms with van der Waals surface area (Å²) in [4.78, 5) is 2.17. The molecule has 19 heavy (non-hydrogen) atoms. The Morgan fingerprint density at radius 1 is 1.37 bits per heavy atom. The van der Waals surface area contributed by atoms with Crippen molar-refractivity contribution >= 4 is 21.6 Å². The first-order valence-corrected chi connectivity index (χ1v) is 7.07. The zero-order valence-electron chi connectivity index (χ0n) is 10.6. The highest BCUT2D eigenvalue weighted by Gasteiger charge is 2.32. The van der Waals surface area contributed by atoms with E-state index in [1.165, 1.54) is 0 Å². The van der Waals surface area contributed by atoms with E-state index in [0.29, 0.717) is 10.5 Å². The first-order valence-electron chi connectivity index (χ1n) is 6.27. The van der Waals surface area contributed by atoms with Gasteiger partial charge in [-0.25, -0.2) is 0 Å². The van der Waals surface area contributed by atoms with Crippen molar-refractivity contribution in [3.63, 3.8) is 0 Å². The summed E-state index contributed by atoms with van der Waals surface area (Å²) in [5, 5.41) is 3.19. The Bertz CT molecular complexity index is 444. The average Bonchev–Trinajstić information content (AvgIpc) is 2.24. The number of nitrogens with one attached hydrogen (secondary N) is 1. The lowest BCUT2D eigenvalue weighted by Gasteiger charge is -2.40. The van der Waals surface area contributed by atoms with Crippen LogP contribution in [0.5, 0.6) is 0 Å². The zero-order valence-corrected chi connectivity index (χ0v) is 12.2. The highest BCUT2D eigenvalue weighted by Crippen LogP contribution is 2.36. The van der Waals surface area contributed by atoms with Gasteiger partial charge in [0.1, 0.15) is 0 Å². The summed E-state index contributed by atoms with van der Waals surface area (Å²) in [6.45, 7) is 4.67. The molecule has 106 valence electrons. The monoisotopic (exact) mass is 336 g/mol. The summed E-state index contributed by atoms with van der Waals surface area (Å²) >= 11 is 3.27. The SMILES string of the molecule is CCCN(c1ccc(C(F)(F)F)cc1Br)C1CNC1. The number of rotatable bonds is 4. The fraction of sp³-hybridized carbons (Fsp3) is 0.538. The van der Waals surface area contributed by atoms with E-state index in [9.17, 15) is 13.2 Å². The van der Waals surface area contributed by atoms with E-state index in [1.54, 1.807) is 6.07 Å². The Balaban J connectivity index is 2.27. The number of nitrogens with zero attached hydrogens (tertiary/aromatic N) is 1. The summed E-state index contributed by atoms with van der Waals surface area (Å²) in [5.74, 6) is 0. The Morgan fingerprint density at radius 2 is 2.05 bits per heavy atom. The number of halogens is 4. The van der Waals surface area contributed by atoms with E-state index in [0.717, 1.165) is 43.9 Å². The van der Waals surface area contributed by atoms with Crippen LogP contribution in [-0.4, -0.2) is 25.7 Å². The minimum Gasteiger partial charge on any atom is -0.365 e. The van der Waals surface area contributed by atoms with Gasteiger partial charge in [-0.1, -0.05) is 6.92 Å². The molecule has 1 fully saturated rings. The van der Waals surface area contributed by atoms with Crippen LogP contribution in [0.4, 0.5) is 18.9 Å². The third-order valence-electron chi connectivity index (χ3n) is 3.25. The van der Waals surface area contributed by atoms with Crippen LogP contribution in [0, 0.1) is 0 Å². The largest absolute Gasteiger partial charge is 0.416 e. The van der Waals surface area contributed by atoms with Gasteiger partial charge in [0.25, 0.3) is 0 Å². The molecule has 2 nitrogen and oxygen atoms in total. The molecule has 1 aromatic rings. The van der Waals surface area contributed by atoms with E-state index in [2.05, 4.69) is 33.1 Å². The van der Waals surface area contributed by atoms with Gasteiger partial charge >= 0.3 is 6.18 Å². The Kier molecular flexibility index (Phi) is 4.40. The lowest BCUT2D eigenvalue weighted by Crippen LogP contribution is -2.57. The molecule has 0 unspecified atom stereocenters. The van der Waals surface area contributed by atoms with Crippen molar-refractivity contribution < 1.29 is 13.2 Å². The van der Waals surface area contributed by atoms with Crippen LogP contribution in [0.25, 0.3) is 0 Å². The molecule has 1 aromatic carbocycles. The summed E-state index contributed by atoms with van der Waals surface area (Å²) in [6.07, 6.45) is -3.33. The molecule has 0 aliphatic carbocycles. The fourth-order valence-corrected chi connectivity index (χ4v) is 2.76. The molecular weight excluding hydrogens is 321 g/mol. The molecule has 0 atom stereocenters. The lowest BCUT2D eigenvalue weighted by atomic mass is 10.1. The van der Waals surface area contributed by atoms with E-state index in [-0.39, 0.29) is 0 Å². The quantitative estimate of drug-likeness (QED) is 0.902. The maximum Gasteiger partial charge on any atom is 0.416 e. The molecule has 6 heteroatoms. The molecule has 0 radical (unpaired) electrons. The van der Waals surface area contributed by atoms with E-state index in [4.69, 9.17) is 0 Å². The van der Waals surface area contributed by atoms with Crippen molar-refractivity contribution in [2.24, 2.45) is 0 Å². The first kappa shape index (κ1) is 14.7. The van der Waals surface area contributed by atoms with Gasteiger partial charge in [-0.3, -0.25) is 0 Å². The minimum absolute atomic E-state index is 0.369. The van der Waals surface area contributed by atoms with Crippen LogP contribution >= 0.6 is 15.9 Å². The van der Waals surface area contributed by atoms with Crippen molar-refractivity contribution in [1.29, 1.82) is 0 Å². The molecule has 0 saturated carbocycles. The zero-order chi connectivity index (χ0) is 14.0. The maximum absolute atomic E-state index is 12.6. The second-order valence-electron chi connectivity index (χ2n) is 4.67. The molecule has 1 heterocycles. The van der Waals surface area contributed by atoms with Crippen molar-refractivity contribution in [2.75, 3.05) is 24.5 Å². The van der Waals surface area contributed by atoms with Crippen molar-refractivity contribution in [3.05, 3.63) is 28.2 Å².